The van der Waals surface area contributed by atoms with E-state index in [-0.39, 0.29) is 23.2 Å². The lowest BCUT2D eigenvalue weighted by atomic mass is 10.2. The molecule has 0 spiro atoms. The fourth-order valence-corrected chi connectivity index (χ4v) is 0.981. The maximum absolute atomic E-state index is 13.2. The summed E-state index contributed by atoms with van der Waals surface area (Å²) in [5, 5.41) is 12.2. The van der Waals surface area contributed by atoms with Gasteiger partial charge in [-0.05, 0) is 18.6 Å². The number of aromatic hydroxyl groups is 1. The lowest BCUT2D eigenvalue weighted by Crippen LogP contribution is -2.24. The summed E-state index contributed by atoms with van der Waals surface area (Å²) in [7, 11) is 0. The lowest BCUT2D eigenvalue weighted by molar-refractivity contribution is -0.162. The van der Waals surface area contributed by atoms with Crippen LogP contribution in [0.5, 0.6) is 5.75 Å². The van der Waals surface area contributed by atoms with Gasteiger partial charge in [-0.25, -0.2) is 4.39 Å². The van der Waals surface area contributed by atoms with E-state index in [1.54, 1.807) is 0 Å². The van der Waals surface area contributed by atoms with Crippen LogP contribution in [0.1, 0.15) is 5.56 Å². The second kappa shape index (κ2) is 5.03. The first kappa shape index (κ1) is 13.9. The van der Waals surface area contributed by atoms with E-state index < -0.39 is 17.8 Å². The number of halogens is 4. The van der Waals surface area contributed by atoms with Gasteiger partial charge >= 0.3 is 6.18 Å². The Bertz CT molecular complexity index is 497. The molecule has 0 saturated heterocycles. The normalized spacial score (nSPS) is 11.8. The highest BCUT2D eigenvalue weighted by Gasteiger charge is 2.36. The highest BCUT2D eigenvalue weighted by atomic mass is 19.4. The van der Waals surface area contributed by atoms with Gasteiger partial charge in [-0.2, -0.15) is 18.3 Å². The number of Topliss-reactive ketones (excluding diaryl/α,β-unsaturated/α-hetero) is 1. The Balaban J connectivity index is 2.79. The number of rotatable bonds is 3. The summed E-state index contributed by atoms with van der Waals surface area (Å²) in [6.07, 6.45) is -5.05. The summed E-state index contributed by atoms with van der Waals surface area (Å²) in [5.74, 6) is -3.25. The Morgan fingerprint density at radius 2 is 2.06 bits per heavy atom. The predicted octanol–water partition coefficient (Wildman–Crippen LogP) is 2.37. The van der Waals surface area contributed by atoms with Gasteiger partial charge in [0.2, 0.25) is 0 Å². The van der Waals surface area contributed by atoms with E-state index in [4.69, 9.17) is 0 Å². The molecule has 98 valence electrons. The fraction of sp³-hybridized carbons (Fsp3) is 0.200. The van der Waals surface area contributed by atoms with Gasteiger partial charge < -0.3 is 5.11 Å². The van der Waals surface area contributed by atoms with E-state index in [2.05, 4.69) is 5.10 Å². The number of hydrogen-bond donors (Lipinski definition) is 2. The second-order valence-electron chi connectivity index (χ2n) is 3.35. The van der Waals surface area contributed by atoms with Crippen LogP contribution in [0.15, 0.2) is 17.2 Å². The number of phenols is 1. The van der Waals surface area contributed by atoms with Crippen molar-refractivity contribution in [2.75, 3.05) is 5.43 Å². The van der Waals surface area contributed by atoms with E-state index in [1.807, 2.05) is 5.43 Å². The molecular formula is C10H8F4N2O2. The van der Waals surface area contributed by atoms with E-state index in [1.165, 1.54) is 6.92 Å². The van der Waals surface area contributed by atoms with Crippen LogP contribution >= 0.6 is 0 Å². The minimum atomic E-state index is -5.03. The van der Waals surface area contributed by atoms with Crippen molar-refractivity contribution in [2.24, 2.45) is 5.10 Å². The van der Waals surface area contributed by atoms with Crippen LogP contribution in [0.2, 0.25) is 0 Å². The smallest absolute Gasteiger partial charge is 0.455 e. The molecule has 0 heterocycles. The van der Waals surface area contributed by atoms with Gasteiger partial charge in [0.15, 0.2) is 0 Å². The third-order valence-corrected chi connectivity index (χ3v) is 1.93. The van der Waals surface area contributed by atoms with Crippen LogP contribution in [0.3, 0.4) is 0 Å². The Hall–Kier alpha value is -2.12. The zero-order valence-corrected chi connectivity index (χ0v) is 9.05. The molecule has 0 saturated carbocycles. The van der Waals surface area contributed by atoms with E-state index in [9.17, 15) is 27.5 Å². The summed E-state index contributed by atoms with van der Waals surface area (Å²) in [6, 6.07) is 1.92. The van der Waals surface area contributed by atoms with Crippen LogP contribution in [-0.2, 0) is 4.79 Å². The number of benzene rings is 1. The zero-order chi connectivity index (χ0) is 13.9. The highest BCUT2D eigenvalue weighted by molar-refractivity contribution is 6.30. The molecule has 0 aliphatic heterocycles. The molecule has 4 nitrogen and oxygen atoms in total. The van der Waals surface area contributed by atoms with Crippen LogP contribution in [0.4, 0.5) is 23.2 Å². The Morgan fingerprint density at radius 1 is 1.44 bits per heavy atom. The number of phenolic OH excluding ortho intramolecular Hbond substituents is 1. The number of aryl methyl sites for hydroxylation is 1. The Labute approximate surface area is 98.9 Å². The molecule has 0 aliphatic carbocycles. The SMILES string of the molecule is Cc1cc(F)c(N/N=C/C(=O)C(F)(F)F)cc1O. The summed E-state index contributed by atoms with van der Waals surface area (Å²) >= 11 is 0. The van der Waals surface area contributed by atoms with Crippen LogP contribution < -0.4 is 5.43 Å². The molecule has 18 heavy (non-hydrogen) atoms. The van der Waals surface area contributed by atoms with Crippen molar-refractivity contribution in [1.29, 1.82) is 0 Å². The molecule has 8 heteroatoms. The molecule has 1 aromatic rings. The number of carbonyl (C=O) groups excluding carboxylic acids is 1. The van der Waals surface area contributed by atoms with Gasteiger partial charge in [-0.3, -0.25) is 10.2 Å². The van der Waals surface area contributed by atoms with E-state index >= 15 is 0 Å². The largest absolute Gasteiger partial charge is 0.508 e. The minimum absolute atomic E-state index is 0.0175. The number of anilines is 1. The minimum Gasteiger partial charge on any atom is -0.508 e. The van der Waals surface area contributed by atoms with Gasteiger partial charge in [-0.1, -0.05) is 0 Å². The molecule has 0 amide bonds. The summed E-state index contributed by atoms with van der Waals surface area (Å²) < 4.78 is 48.6. The third kappa shape index (κ3) is 3.44. The van der Waals surface area contributed by atoms with Gasteiger partial charge in [0.05, 0.1) is 11.9 Å². The van der Waals surface area contributed by atoms with Gasteiger partial charge in [0.25, 0.3) is 5.78 Å². The van der Waals surface area contributed by atoms with E-state index in [0.29, 0.717) is 0 Å². The average Bonchev–Trinajstić information content (AvgIpc) is 2.23. The van der Waals surface area contributed by atoms with Gasteiger partial charge in [-0.15, -0.1) is 0 Å². The predicted molar refractivity (Wildman–Crippen MR) is 56.0 cm³/mol. The monoisotopic (exact) mass is 264 g/mol. The van der Waals surface area contributed by atoms with E-state index in [0.717, 1.165) is 12.1 Å². The standard InChI is InChI=1S/C10H8F4N2O2/c1-5-2-6(11)7(3-8(5)17)16-15-4-9(18)10(12,13)14/h2-4,16-17H,1H3/b15-4+. The van der Waals surface area contributed by atoms with Crippen molar-refractivity contribution in [3.63, 3.8) is 0 Å². The molecule has 0 fully saturated rings. The number of ketones is 1. The molecule has 0 bridgehead atoms. The maximum Gasteiger partial charge on any atom is 0.455 e. The first-order valence-corrected chi connectivity index (χ1v) is 4.61. The molecule has 1 aromatic carbocycles. The molecule has 0 radical (unpaired) electrons. The first-order valence-electron chi connectivity index (χ1n) is 4.61. The second-order valence-corrected chi connectivity index (χ2v) is 3.35. The summed E-state index contributed by atoms with van der Waals surface area (Å²) in [5.41, 5.74) is 1.81. The highest BCUT2D eigenvalue weighted by Crippen LogP contribution is 2.24. The summed E-state index contributed by atoms with van der Waals surface area (Å²) in [6.45, 7) is 1.44. The third-order valence-electron chi connectivity index (χ3n) is 1.93. The van der Waals surface area contributed by atoms with Crippen molar-refractivity contribution in [2.45, 2.75) is 13.1 Å². The molecule has 2 N–H and O–H groups in total. The average molecular weight is 264 g/mol. The van der Waals surface area contributed by atoms with Crippen molar-refractivity contribution >= 4 is 17.7 Å². The number of hydrogen-bond acceptors (Lipinski definition) is 4. The number of nitrogens with zero attached hydrogens (tertiary/aromatic N) is 1. The van der Waals surface area contributed by atoms with Crippen LogP contribution in [0, 0.1) is 12.7 Å². The zero-order valence-electron chi connectivity index (χ0n) is 9.05. The van der Waals surface area contributed by atoms with Gasteiger partial charge in [0.1, 0.15) is 11.6 Å². The van der Waals surface area contributed by atoms with Crippen LogP contribution in [0.25, 0.3) is 0 Å². The quantitative estimate of drug-likeness (QED) is 0.500. The van der Waals surface area contributed by atoms with Crippen molar-refractivity contribution < 1.29 is 27.5 Å². The molecule has 0 unspecified atom stereocenters. The molecular weight excluding hydrogens is 256 g/mol. The molecule has 0 aromatic heterocycles. The van der Waals surface area contributed by atoms with Crippen LogP contribution in [-0.4, -0.2) is 23.3 Å². The maximum atomic E-state index is 13.2. The Kier molecular flexibility index (Phi) is 3.89. The van der Waals surface area contributed by atoms with Crippen molar-refractivity contribution in [1.82, 2.24) is 0 Å². The fourth-order valence-electron chi connectivity index (χ4n) is 0.981. The first-order chi connectivity index (χ1) is 8.21. The van der Waals surface area contributed by atoms with Gasteiger partial charge in [0, 0.05) is 6.07 Å². The van der Waals surface area contributed by atoms with Crippen molar-refractivity contribution in [3.05, 3.63) is 23.5 Å². The van der Waals surface area contributed by atoms with Crippen molar-refractivity contribution in [3.8, 4) is 5.75 Å². The molecule has 0 aliphatic rings. The number of carbonyl (C=O) groups is 1. The number of nitrogens with one attached hydrogen (secondary N) is 1. The Morgan fingerprint density at radius 3 is 2.61 bits per heavy atom. The lowest BCUT2D eigenvalue weighted by Gasteiger charge is -2.05. The number of alkyl halides is 3. The summed E-state index contributed by atoms with van der Waals surface area (Å²) in [4.78, 5) is 10.4. The topological polar surface area (TPSA) is 61.7 Å². The number of hydrazone groups is 1. The molecule has 1 rings (SSSR count). The molecule has 0 atom stereocenters.